The van der Waals surface area contributed by atoms with Crippen molar-refractivity contribution in [3.05, 3.63) is 0 Å². The van der Waals surface area contributed by atoms with E-state index in [9.17, 15) is 0 Å². The number of hydrogen-bond acceptors (Lipinski definition) is 0. The van der Waals surface area contributed by atoms with E-state index in [1.807, 2.05) is 0 Å². The second-order valence-electron chi connectivity index (χ2n) is 1.51. The van der Waals surface area contributed by atoms with Gasteiger partial charge < -0.3 is 17.0 Å². The van der Waals surface area contributed by atoms with Gasteiger partial charge in [-0.3, -0.25) is 0 Å². The van der Waals surface area contributed by atoms with Crippen molar-refractivity contribution in [1.82, 2.24) is 0 Å². The van der Waals surface area contributed by atoms with Gasteiger partial charge >= 0.3 is 43.1 Å². The van der Waals surface area contributed by atoms with Crippen molar-refractivity contribution in [1.29, 1.82) is 0 Å². The summed E-state index contributed by atoms with van der Waals surface area (Å²) >= 11 is 1.45. The van der Waals surface area contributed by atoms with Gasteiger partial charge in [0.15, 0.2) is 0 Å². The number of hydrogen-bond donors (Lipinski definition) is 0. The zero-order valence-corrected chi connectivity index (χ0v) is 8.92. The summed E-state index contributed by atoms with van der Waals surface area (Å²) in [5, 5.41) is 0. The predicted molar refractivity (Wildman–Crippen MR) is 19.7 cm³/mol. The van der Waals surface area contributed by atoms with Gasteiger partial charge in [-0.15, -0.1) is 0 Å². The molecule has 0 N–H and O–H groups in total. The Morgan fingerprint density at radius 2 is 1.83 bits per heavy atom. The molecule has 0 bridgehead atoms. The minimum atomic E-state index is 0. The van der Waals surface area contributed by atoms with E-state index in [1.54, 1.807) is 0 Å². The van der Waals surface area contributed by atoms with E-state index in [0.29, 0.717) is 0 Å². The molecule has 6 heavy (non-hydrogen) atoms. The van der Waals surface area contributed by atoms with E-state index in [-0.39, 0.29) is 17.0 Å². The molecule has 0 saturated heterocycles. The van der Waals surface area contributed by atoms with Crippen LogP contribution in [0.2, 0.25) is 4.51 Å². The van der Waals surface area contributed by atoms with Crippen LogP contribution in [0.15, 0.2) is 0 Å². The van der Waals surface area contributed by atoms with E-state index in [2.05, 4.69) is 13.8 Å². The van der Waals surface area contributed by atoms with Crippen molar-refractivity contribution < 1.29 is 35.3 Å². The molecule has 0 aromatic carbocycles. The second kappa shape index (κ2) is 6.10. The molecule has 0 nitrogen and oxygen atoms in total. The molecule has 0 heterocycles. The summed E-state index contributed by atoms with van der Waals surface area (Å²) < 4.78 is 1.01. The zero-order chi connectivity index (χ0) is 4.28. The predicted octanol–water partition coefficient (Wildman–Crippen LogP) is -1.24. The van der Waals surface area contributed by atoms with Crippen molar-refractivity contribution in [2.75, 3.05) is 0 Å². The first-order valence-electron chi connectivity index (χ1n) is 2.10. The molecule has 0 rings (SSSR count). The van der Waals surface area contributed by atoms with Crippen LogP contribution in [0.1, 0.15) is 20.3 Å². The van der Waals surface area contributed by atoms with Gasteiger partial charge in [-0.2, -0.15) is 0 Å². The van der Waals surface area contributed by atoms with Gasteiger partial charge in [-0.05, 0) is 0 Å². The van der Waals surface area contributed by atoms with Crippen LogP contribution in [0.4, 0.5) is 0 Å². The Hall–Kier alpha value is 1.10. The molecule has 0 spiro atoms. The SMILES string of the molecule is CC[CH](C)[Zn+].[Br-]. The van der Waals surface area contributed by atoms with Crippen molar-refractivity contribution >= 4 is 0 Å². The Kier molecular flexibility index (Phi) is 10.3. The van der Waals surface area contributed by atoms with Crippen molar-refractivity contribution in [3.8, 4) is 0 Å². The van der Waals surface area contributed by atoms with E-state index in [4.69, 9.17) is 0 Å². The Balaban J connectivity index is 0. The Labute approximate surface area is 60.1 Å². The summed E-state index contributed by atoms with van der Waals surface area (Å²) in [4.78, 5) is 0. The maximum atomic E-state index is 2.28. The third-order valence-electron chi connectivity index (χ3n) is 0.697. The zero-order valence-electron chi connectivity index (χ0n) is 4.37. The van der Waals surface area contributed by atoms with Crippen LogP contribution >= 0.6 is 0 Å². The fourth-order valence-electron chi connectivity index (χ4n) is 0. The molecule has 0 radical (unpaired) electrons. The molecule has 0 aliphatic carbocycles. The fourth-order valence-corrected chi connectivity index (χ4v) is 0. The molecule has 0 fully saturated rings. The van der Waals surface area contributed by atoms with Crippen molar-refractivity contribution in [3.63, 3.8) is 0 Å². The summed E-state index contributed by atoms with van der Waals surface area (Å²) in [6, 6.07) is 0. The summed E-state index contributed by atoms with van der Waals surface area (Å²) in [6.07, 6.45) is 1.36. The van der Waals surface area contributed by atoms with E-state index < -0.39 is 0 Å². The van der Waals surface area contributed by atoms with Crippen LogP contribution in [0, 0.1) is 0 Å². The molecule has 0 aliphatic heterocycles. The molecule has 2 heteroatoms. The van der Waals surface area contributed by atoms with Gasteiger partial charge in [0.05, 0.1) is 0 Å². The van der Waals surface area contributed by atoms with Crippen molar-refractivity contribution in [2.45, 2.75) is 24.8 Å². The number of rotatable bonds is 1. The first-order valence-corrected chi connectivity index (χ1v) is 3.81. The molecule has 0 aromatic heterocycles. The molecule has 1 unspecified atom stereocenters. The summed E-state index contributed by atoms with van der Waals surface area (Å²) in [6.45, 7) is 4.51. The summed E-state index contributed by atoms with van der Waals surface area (Å²) in [5.41, 5.74) is 0. The van der Waals surface area contributed by atoms with Crippen LogP contribution in [0.5, 0.6) is 0 Å². The Morgan fingerprint density at radius 3 is 1.83 bits per heavy atom. The fraction of sp³-hybridized carbons (Fsp3) is 1.00. The van der Waals surface area contributed by atoms with Crippen molar-refractivity contribution in [2.24, 2.45) is 0 Å². The minimum absolute atomic E-state index is 0. The van der Waals surface area contributed by atoms with Gasteiger partial charge in [0.1, 0.15) is 0 Å². The van der Waals surface area contributed by atoms with Gasteiger partial charge in [0.2, 0.25) is 0 Å². The largest absolute Gasteiger partial charge is 1.00 e. The van der Waals surface area contributed by atoms with E-state index in [0.717, 1.165) is 4.51 Å². The average molecular weight is 202 g/mol. The third-order valence-corrected chi connectivity index (χ3v) is 1.91. The Morgan fingerprint density at radius 1 is 1.67 bits per heavy atom. The average Bonchev–Trinajstić information content (AvgIpc) is 1.38. The van der Waals surface area contributed by atoms with Gasteiger partial charge in [0.25, 0.3) is 0 Å². The summed E-state index contributed by atoms with van der Waals surface area (Å²) in [5.74, 6) is 0. The molecule has 0 saturated carbocycles. The maximum Gasteiger partial charge on any atom is -1.00 e. The molecule has 0 aliphatic rings. The van der Waals surface area contributed by atoms with Crippen LogP contribution in [-0.2, 0) is 18.3 Å². The first kappa shape index (κ1) is 10.2. The smallest absolute Gasteiger partial charge is 1.00 e. The standard InChI is InChI=1S/C4H9.BrH.Zn/c1-3-4-2;;/h3H,4H2,1-2H3;1H;/q;;+1/p-1. The quantitative estimate of drug-likeness (QED) is 0.467. The Bertz CT molecular complexity index is 21.5. The molecule has 0 amide bonds. The van der Waals surface area contributed by atoms with Gasteiger partial charge in [0, 0.05) is 0 Å². The van der Waals surface area contributed by atoms with Gasteiger partial charge in [-0.1, -0.05) is 0 Å². The summed E-state index contributed by atoms with van der Waals surface area (Å²) in [7, 11) is 0. The normalized spacial score (nSPS) is 12.7. The van der Waals surface area contributed by atoms with E-state index in [1.165, 1.54) is 24.7 Å². The number of halogens is 1. The van der Waals surface area contributed by atoms with Crippen LogP contribution in [0.3, 0.4) is 0 Å². The van der Waals surface area contributed by atoms with Crippen LogP contribution in [0.25, 0.3) is 0 Å². The molecule has 0 aromatic rings. The molecular weight excluding hydrogens is 193 g/mol. The second-order valence-corrected chi connectivity index (χ2v) is 4.44. The maximum absolute atomic E-state index is 2.28. The van der Waals surface area contributed by atoms with Crippen LogP contribution in [-0.4, -0.2) is 0 Å². The third kappa shape index (κ3) is 8.92. The molecule has 1 atom stereocenters. The molecular formula is C4H9BrZn. The van der Waals surface area contributed by atoms with Gasteiger partial charge in [-0.25, -0.2) is 0 Å². The first-order chi connectivity index (χ1) is 2.27. The minimum Gasteiger partial charge on any atom is -1.00 e. The molecule has 34 valence electrons. The van der Waals surface area contributed by atoms with Crippen LogP contribution < -0.4 is 17.0 Å². The topological polar surface area (TPSA) is 0 Å². The van der Waals surface area contributed by atoms with E-state index >= 15 is 0 Å². The monoisotopic (exact) mass is 200 g/mol.